The van der Waals surface area contributed by atoms with Crippen molar-refractivity contribution in [3.8, 4) is 0 Å². The second-order valence-electron chi connectivity index (χ2n) is 6.49. The molecule has 2 N–H and O–H groups in total. The molecule has 0 aromatic carbocycles. The fourth-order valence-corrected chi connectivity index (χ4v) is 2.55. The molecule has 0 saturated carbocycles. The maximum absolute atomic E-state index is 10.8. The molecule has 1 atom stereocenters. The lowest BCUT2D eigenvalue weighted by molar-refractivity contribution is 0.0381. The van der Waals surface area contributed by atoms with Crippen LogP contribution in [0.25, 0.3) is 0 Å². The van der Waals surface area contributed by atoms with Gasteiger partial charge in [0.1, 0.15) is 5.60 Å². The fraction of sp³-hybridized carbons (Fsp3) is 0.800. The Morgan fingerprint density at radius 2 is 2.14 bits per heavy atom. The lowest BCUT2D eigenvalue weighted by Crippen LogP contribution is -2.33. The van der Waals surface area contributed by atoms with Crippen molar-refractivity contribution in [3.05, 3.63) is 16.9 Å². The molecule has 1 unspecified atom stereocenters. The van der Waals surface area contributed by atoms with Gasteiger partial charge in [0.2, 0.25) is 0 Å². The molecule has 1 heterocycles. The molecule has 0 amide bonds. The molecule has 5 nitrogen and oxygen atoms in total. The van der Waals surface area contributed by atoms with E-state index in [0.29, 0.717) is 29.6 Å². The van der Waals surface area contributed by atoms with Crippen molar-refractivity contribution < 1.29 is 5.11 Å². The Kier molecular flexibility index (Phi) is 7.13. The molecule has 21 heavy (non-hydrogen) atoms. The van der Waals surface area contributed by atoms with Crippen LogP contribution in [0.2, 0.25) is 5.02 Å². The van der Waals surface area contributed by atoms with E-state index in [1.807, 2.05) is 18.8 Å². The summed E-state index contributed by atoms with van der Waals surface area (Å²) in [4.78, 5) is 2.08. The summed E-state index contributed by atoms with van der Waals surface area (Å²) in [5, 5.41) is 18.9. The summed E-state index contributed by atoms with van der Waals surface area (Å²) < 4.78 is 1.81. The average Bonchev–Trinajstić information content (AvgIpc) is 2.74. The molecular formula is C15H29ClN4O. The van der Waals surface area contributed by atoms with Gasteiger partial charge in [0.25, 0.3) is 0 Å². The highest BCUT2D eigenvalue weighted by Crippen LogP contribution is 2.30. The van der Waals surface area contributed by atoms with Gasteiger partial charge in [-0.15, -0.1) is 0 Å². The zero-order chi connectivity index (χ0) is 16.0. The van der Waals surface area contributed by atoms with Crippen molar-refractivity contribution in [2.75, 3.05) is 33.7 Å². The molecule has 1 aromatic rings. The molecule has 0 fully saturated rings. The predicted octanol–water partition coefficient (Wildman–Crippen LogP) is 1.94. The Morgan fingerprint density at radius 1 is 1.48 bits per heavy atom. The minimum atomic E-state index is -0.982. The summed E-state index contributed by atoms with van der Waals surface area (Å²) in [6, 6.07) is 0. The van der Waals surface area contributed by atoms with E-state index in [9.17, 15) is 5.11 Å². The molecular weight excluding hydrogens is 288 g/mol. The van der Waals surface area contributed by atoms with Crippen LogP contribution in [-0.2, 0) is 12.1 Å². The van der Waals surface area contributed by atoms with Crippen molar-refractivity contribution in [2.24, 2.45) is 5.92 Å². The topological polar surface area (TPSA) is 53.3 Å². The molecule has 0 bridgehead atoms. The van der Waals surface area contributed by atoms with Crippen molar-refractivity contribution in [2.45, 2.75) is 39.3 Å². The first-order valence-electron chi connectivity index (χ1n) is 7.53. The molecule has 0 aliphatic heterocycles. The highest BCUT2D eigenvalue weighted by molar-refractivity contribution is 6.31. The van der Waals surface area contributed by atoms with Gasteiger partial charge >= 0.3 is 0 Å². The van der Waals surface area contributed by atoms with Gasteiger partial charge in [-0.1, -0.05) is 25.4 Å². The van der Waals surface area contributed by atoms with E-state index < -0.39 is 5.60 Å². The van der Waals surface area contributed by atoms with Crippen molar-refractivity contribution in [1.29, 1.82) is 0 Å². The molecule has 0 saturated heterocycles. The maximum Gasteiger partial charge on any atom is 0.106 e. The summed E-state index contributed by atoms with van der Waals surface area (Å²) in [6.45, 7) is 9.40. The number of aromatic nitrogens is 2. The number of halogens is 1. The first-order chi connectivity index (χ1) is 9.74. The number of nitrogens with zero attached hydrogens (tertiary/aromatic N) is 3. The largest absolute Gasteiger partial charge is 0.384 e. The molecule has 0 aliphatic carbocycles. The molecule has 6 heteroatoms. The Bertz CT molecular complexity index is 429. The Morgan fingerprint density at radius 3 is 2.71 bits per heavy atom. The van der Waals surface area contributed by atoms with Crippen LogP contribution in [-0.4, -0.2) is 53.5 Å². The van der Waals surface area contributed by atoms with Gasteiger partial charge < -0.3 is 15.3 Å². The fourth-order valence-electron chi connectivity index (χ4n) is 2.20. The highest BCUT2D eigenvalue weighted by Gasteiger charge is 2.29. The average molecular weight is 317 g/mol. The van der Waals surface area contributed by atoms with Crippen LogP contribution in [0.15, 0.2) is 6.20 Å². The van der Waals surface area contributed by atoms with Gasteiger partial charge in [-0.25, -0.2) is 0 Å². The third-order valence-corrected chi connectivity index (χ3v) is 3.68. The van der Waals surface area contributed by atoms with Crippen LogP contribution in [0.5, 0.6) is 0 Å². The van der Waals surface area contributed by atoms with Gasteiger partial charge in [-0.05, 0) is 46.4 Å². The van der Waals surface area contributed by atoms with Crippen LogP contribution in [0.1, 0.15) is 32.9 Å². The molecule has 1 rings (SSSR count). The summed E-state index contributed by atoms with van der Waals surface area (Å²) in [7, 11) is 4.03. The van der Waals surface area contributed by atoms with Gasteiger partial charge in [0.15, 0.2) is 0 Å². The van der Waals surface area contributed by atoms with Gasteiger partial charge in [-0.2, -0.15) is 5.10 Å². The Balaban J connectivity index is 2.70. The van der Waals surface area contributed by atoms with Gasteiger partial charge in [0.05, 0.1) is 23.5 Å². The normalized spacial score (nSPS) is 14.9. The van der Waals surface area contributed by atoms with Gasteiger partial charge in [0, 0.05) is 6.54 Å². The summed E-state index contributed by atoms with van der Waals surface area (Å²) in [6.07, 6.45) is 2.22. The first-order valence-corrected chi connectivity index (χ1v) is 7.91. The quantitative estimate of drug-likeness (QED) is 0.684. The van der Waals surface area contributed by atoms with E-state index in [-0.39, 0.29) is 0 Å². The third kappa shape index (κ3) is 5.94. The number of nitrogens with one attached hydrogen (secondary N) is 1. The predicted molar refractivity (Wildman–Crippen MR) is 87.7 cm³/mol. The van der Waals surface area contributed by atoms with Crippen LogP contribution in [0.3, 0.4) is 0 Å². The van der Waals surface area contributed by atoms with Crippen LogP contribution in [0.4, 0.5) is 0 Å². The number of rotatable bonds is 9. The highest BCUT2D eigenvalue weighted by atomic mass is 35.5. The van der Waals surface area contributed by atoms with Crippen molar-refractivity contribution >= 4 is 11.6 Å². The van der Waals surface area contributed by atoms with Crippen LogP contribution in [0, 0.1) is 5.92 Å². The maximum atomic E-state index is 10.8. The molecule has 1 aromatic heterocycles. The molecule has 0 spiro atoms. The second-order valence-corrected chi connectivity index (χ2v) is 6.90. The zero-order valence-electron chi connectivity index (χ0n) is 13.9. The molecule has 0 aliphatic rings. The smallest absolute Gasteiger partial charge is 0.106 e. The van der Waals surface area contributed by atoms with E-state index in [2.05, 4.69) is 29.2 Å². The minimum absolute atomic E-state index is 0.530. The van der Waals surface area contributed by atoms with Crippen LogP contribution >= 0.6 is 11.6 Å². The Labute approximate surface area is 133 Å². The number of hydrogen-bond donors (Lipinski definition) is 2. The van der Waals surface area contributed by atoms with Crippen molar-refractivity contribution in [1.82, 2.24) is 20.0 Å². The summed E-state index contributed by atoms with van der Waals surface area (Å²) >= 11 is 6.23. The second kappa shape index (κ2) is 8.13. The van der Waals surface area contributed by atoms with E-state index >= 15 is 0 Å². The van der Waals surface area contributed by atoms with E-state index in [1.165, 1.54) is 0 Å². The number of likely N-dealkylation sites (N-methyl/N-ethyl adjacent to an activating group) is 1. The molecule has 0 radical (unpaired) electrons. The van der Waals surface area contributed by atoms with Gasteiger partial charge in [-0.3, -0.25) is 4.68 Å². The lowest BCUT2D eigenvalue weighted by Gasteiger charge is -2.26. The van der Waals surface area contributed by atoms with E-state index in [4.69, 9.17) is 11.6 Å². The molecule has 122 valence electrons. The van der Waals surface area contributed by atoms with E-state index in [1.54, 1.807) is 13.1 Å². The SMILES string of the molecule is CC(C)CNCCC(C)(O)c1c(Cl)cnn1CCN(C)C. The third-order valence-electron chi connectivity index (χ3n) is 3.41. The summed E-state index contributed by atoms with van der Waals surface area (Å²) in [5.74, 6) is 0.601. The first kappa shape index (κ1) is 18.4. The van der Waals surface area contributed by atoms with Crippen molar-refractivity contribution in [3.63, 3.8) is 0 Å². The minimum Gasteiger partial charge on any atom is -0.384 e. The summed E-state index contributed by atoms with van der Waals surface area (Å²) in [5.41, 5.74) is -0.276. The monoisotopic (exact) mass is 316 g/mol. The number of hydrogen-bond acceptors (Lipinski definition) is 4. The standard InChI is InChI=1S/C15H29ClN4O/c1-12(2)10-17-7-6-15(3,21)14-13(16)11-18-20(14)9-8-19(4)5/h11-12,17,21H,6-10H2,1-5H3. The number of aliphatic hydroxyl groups is 1. The zero-order valence-corrected chi connectivity index (χ0v) is 14.6. The van der Waals surface area contributed by atoms with E-state index in [0.717, 1.165) is 19.6 Å². The Hall–Kier alpha value is -0.620. The van der Waals surface area contributed by atoms with Crippen LogP contribution < -0.4 is 5.32 Å². The lowest BCUT2D eigenvalue weighted by atomic mass is 9.97.